The van der Waals surface area contributed by atoms with Crippen LogP contribution in [0.2, 0.25) is 0 Å². The first-order valence-electron chi connectivity index (χ1n) is 8.10. The Hall–Kier alpha value is -3.52. The Bertz CT molecular complexity index is 1060. The predicted molar refractivity (Wildman–Crippen MR) is 104 cm³/mol. The summed E-state index contributed by atoms with van der Waals surface area (Å²) in [5.74, 6) is 0.978. The molecule has 0 saturated heterocycles. The van der Waals surface area contributed by atoms with Gasteiger partial charge >= 0.3 is 0 Å². The Morgan fingerprint density at radius 2 is 2.00 bits per heavy atom. The number of nitrogens with zero attached hydrogens (tertiary/aromatic N) is 3. The van der Waals surface area contributed by atoms with Crippen molar-refractivity contribution < 1.29 is 9.53 Å². The summed E-state index contributed by atoms with van der Waals surface area (Å²) in [5.41, 5.74) is 2.51. The molecule has 3 heterocycles. The standard InChI is InChI=1S/C19H15N5O2S/c1-26-14-4-2-3-13(11-14)17-22-15(12-5-7-20-8-6-12)16(23-17)18(25)24-19-21-9-10-27-19/h2-11H,1H3,(H,22,23)(H,21,24,25). The van der Waals surface area contributed by atoms with Crippen molar-refractivity contribution in [2.24, 2.45) is 0 Å². The summed E-state index contributed by atoms with van der Waals surface area (Å²) in [6.07, 6.45) is 4.97. The summed E-state index contributed by atoms with van der Waals surface area (Å²) in [6, 6.07) is 11.1. The van der Waals surface area contributed by atoms with Crippen LogP contribution < -0.4 is 10.1 Å². The normalized spacial score (nSPS) is 10.6. The van der Waals surface area contributed by atoms with E-state index in [2.05, 4.69) is 25.3 Å². The van der Waals surface area contributed by atoms with Crippen molar-refractivity contribution in [1.82, 2.24) is 19.9 Å². The van der Waals surface area contributed by atoms with E-state index in [0.717, 1.165) is 11.1 Å². The van der Waals surface area contributed by atoms with E-state index in [1.54, 1.807) is 31.1 Å². The molecule has 0 fully saturated rings. The maximum Gasteiger partial charge on any atom is 0.276 e. The molecule has 2 N–H and O–H groups in total. The topological polar surface area (TPSA) is 92.8 Å². The zero-order valence-electron chi connectivity index (χ0n) is 14.3. The summed E-state index contributed by atoms with van der Waals surface area (Å²) in [7, 11) is 1.61. The van der Waals surface area contributed by atoms with Gasteiger partial charge in [0.2, 0.25) is 0 Å². The molecule has 0 bridgehead atoms. The fourth-order valence-electron chi connectivity index (χ4n) is 2.61. The maximum atomic E-state index is 12.8. The third kappa shape index (κ3) is 3.56. The lowest BCUT2D eigenvalue weighted by atomic mass is 10.1. The molecular weight excluding hydrogens is 362 g/mol. The molecule has 1 aromatic carbocycles. The van der Waals surface area contributed by atoms with E-state index >= 15 is 0 Å². The maximum absolute atomic E-state index is 12.8. The molecule has 4 rings (SSSR count). The van der Waals surface area contributed by atoms with Crippen LogP contribution in [0.3, 0.4) is 0 Å². The highest BCUT2D eigenvalue weighted by molar-refractivity contribution is 7.13. The highest BCUT2D eigenvalue weighted by Crippen LogP contribution is 2.28. The van der Waals surface area contributed by atoms with Crippen molar-refractivity contribution in [1.29, 1.82) is 0 Å². The second-order valence-electron chi connectivity index (χ2n) is 5.57. The van der Waals surface area contributed by atoms with Crippen molar-refractivity contribution in [2.45, 2.75) is 0 Å². The molecule has 7 nitrogen and oxygen atoms in total. The number of hydrogen-bond acceptors (Lipinski definition) is 6. The number of aromatic amines is 1. The van der Waals surface area contributed by atoms with Crippen LogP contribution in [0.4, 0.5) is 5.13 Å². The molecule has 27 heavy (non-hydrogen) atoms. The van der Waals surface area contributed by atoms with E-state index in [4.69, 9.17) is 4.74 Å². The lowest BCUT2D eigenvalue weighted by Gasteiger charge is -2.02. The molecule has 0 saturated carbocycles. The van der Waals surface area contributed by atoms with Crippen LogP contribution in [0, 0.1) is 0 Å². The van der Waals surface area contributed by atoms with E-state index < -0.39 is 0 Å². The fourth-order valence-corrected chi connectivity index (χ4v) is 3.13. The molecule has 1 amide bonds. The first-order valence-corrected chi connectivity index (χ1v) is 8.98. The van der Waals surface area contributed by atoms with Crippen molar-refractivity contribution in [3.8, 4) is 28.4 Å². The fraction of sp³-hybridized carbons (Fsp3) is 0.0526. The summed E-state index contributed by atoms with van der Waals surface area (Å²) in [4.78, 5) is 28.7. The van der Waals surface area contributed by atoms with Gasteiger partial charge in [-0.1, -0.05) is 12.1 Å². The molecule has 4 aromatic rings. The Kier molecular flexibility index (Phi) is 4.63. The van der Waals surface area contributed by atoms with E-state index in [0.29, 0.717) is 28.1 Å². The van der Waals surface area contributed by atoms with Gasteiger partial charge in [-0.2, -0.15) is 0 Å². The lowest BCUT2D eigenvalue weighted by molar-refractivity contribution is 0.102. The molecule has 0 atom stereocenters. The third-order valence-corrected chi connectivity index (χ3v) is 4.57. The van der Waals surface area contributed by atoms with Crippen LogP contribution in [-0.2, 0) is 0 Å². The number of carbonyl (C=O) groups is 1. The first-order chi connectivity index (χ1) is 13.2. The van der Waals surface area contributed by atoms with Gasteiger partial charge in [-0.05, 0) is 24.3 Å². The summed E-state index contributed by atoms with van der Waals surface area (Å²) in [6.45, 7) is 0. The van der Waals surface area contributed by atoms with Gasteiger partial charge in [0.15, 0.2) is 5.13 Å². The summed E-state index contributed by atoms with van der Waals surface area (Å²) < 4.78 is 5.28. The van der Waals surface area contributed by atoms with Gasteiger partial charge in [-0.15, -0.1) is 11.3 Å². The summed E-state index contributed by atoms with van der Waals surface area (Å²) in [5, 5.41) is 5.12. The van der Waals surface area contributed by atoms with Crippen LogP contribution in [0.5, 0.6) is 5.75 Å². The Balaban J connectivity index is 1.78. The number of rotatable bonds is 5. The average Bonchev–Trinajstić information content (AvgIpc) is 3.38. The minimum Gasteiger partial charge on any atom is -0.497 e. The molecule has 0 spiro atoms. The van der Waals surface area contributed by atoms with E-state index in [1.807, 2.05) is 36.4 Å². The smallest absolute Gasteiger partial charge is 0.276 e. The van der Waals surface area contributed by atoms with Gasteiger partial charge in [0, 0.05) is 35.1 Å². The zero-order chi connectivity index (χ0) is 18.6. The van der Waals surface area contributed by atoms with Crippen molar-refractivity contribution in [3.63, 3.8) is 0 Å². The lowest BCUT2D eigenvalue weighted by Crippen LogP contribution is -2.13. The molecule has 3 aromatic heterocycles. The van der Waals surface area contributed by atoms with E-state index in [1.165, 1.54) is 11.3 Å². The van der Waals surface area contributed by atoms with Crippen LogP contribution >= 0.6 is 11.3 Å². The number of nitrogens with one attached hydrogen (secondary N) is 2. The molecule has 134 valence electrons. The number of pyridine rings is 1. The Morgan fingerprint density at radius 1 is 1.15 bits per heavy atom. The zero-order valence-corrected chi connectivity index (χ0v) is 15.2. The number of ether oxygens (including phenoxy) is 1. The van der Waals surface area contributed by atoms with Gasteiger partial charge in [-0.3, -0.25) is 15.1 Å². The van der Waals surface area contributed by atoms with Gasteiger partial charge in [0.05, 0.1) is 7.11 Å². The Morgan fingerprint density at radius 3 is 2.74 bits per heavy atom. The van der Waals surface area contributed by atoms with Crippen LogP contribution in [0.25, 0.3) is 22.6 Å². The van der Waals surface area contributed by atoms with Crippen molar-refractivity contribution in [2.75, 3.05) is 12.4 Å². The SMILES string of the molecule is COc1cccc(-c2nc(-c3ccncc3)c(C(=O)Nc3nccs3)[nH]2)c1. The number of amides is 1. The molecule has 0 aliphatic carbocycles. The number of methoxy groups -OCH3 is 1. The minimum atomic E-state index is -0.307. The second-order valence-corrected chi connectivity index (χ2v) is 6.46. The molecule has 0 aliphatic rings. The van der Waals surface area contributed by atoms with Gasteiger partial charge < -0.3 is 9.72 Å². The van der Waals surface area contributed by atoms with Crippen molar-refractivity contribution >= 4 is 22.4 Å². The third-order valence-electron chi connectivity index (χ3n) is 3.88. The van der Waals surface area contributed by atoms with E-state index in [-0.39, 0.29) is 5.91 Å². The Labute approximate surface area is 159 Å². The highest BCUT2D eigenvalue weighted by Gasteiger charge is 2.20. The number of imidazole rings is 1. The van der Waals surface area contributed by atoms with Crippen LogP contribution in [-0.4, -0.2) is 33.0 Å². The van der Waals surface area contributed by atoms with Crippen LogP contribution in [0.15, 0.2) is 60.4 Å². The average molecular weight is 377 g/mol. The number of benzene rings is 1. The number of aromatic nitrogens is 4. The quantitative estimate of drug-likeness (QED) is 0.551. The number of hydrogen-bond donors (Lipinski definition) is 2. The van der Waals surface area contributed by atoms with Gasteiger partial charge in [0.25, 0.3) is 5.91 Å². The largest absolute Gasteiger partial charge is 0.497 e. The summed E-state index contributed by atoms with van der Waals surface area (Å²) >= 11 is 1.35. The number of anilines is 1. The van der Waals surface area contributed by atoms with E-state index in [9.17, 15) is 4.79 Å². The van der Waals surface area contributed by atoms with Crippen molar-refractivity contribution in [3.05, 3.63) is 66.1 Å². The van der Waals surface area contributed by atoms with Gasteiger partial charge in [0.1, 0.15) is 23.0 Å². The number of thiazole rings is 1. The molecule has 8 heteroatoms. The molecular formula is C19H15N5O2S. The molecule has 0 aliphatic heterocycles. The van der Waals surface area contributed by atoms with Crippen LogP contribution in [0.1, 0.15) is 10.5 Å². The minimum absolute atomic E-state index is 0.307. The molecule has 0 radical (unpaired) electrons. The predicted octanol–water partition coefficient (Wildman–Crippen LogP) is 3.86. The second kappa shape index (κ2) is 7.38. The van der Waals surface area contributed by atoms with Gasteiger partial charge in [-0.25, -0.2) is 9.97 Å². The first kappa shape index (κ1) is 16.9. The number of carbonyl (C=O) groups excluding carboxylic acids is 1. The number of H-pyrrole nitrogens is 1. The molecule has 0 unspecified atom stereocenters. The monoisotopic (exact) mass is 377 g/mol. The highest BCUT2D eigenvalue weighted by atomic mass is 32.1.